The van der Waals surface area contributed by atoms with Gasteiger partial charge in [-0.3, -0.25) is 0 Å². The molecule has 1 aliphatic heterocycles. The fraction of sp³-hybridized carbons (Fsp3) is 0.400. The Morgan fingerprint density at radius 2 is 1.78 bits per heavy atom. The minimum Gasteiger partial charge on any atom is -1.00 e. The molecule has 1 heterocycles. The molecule has 1 aromatic rings. The molecule has 18 heavy (non-hydrogen) atoms. The van der Waals surface area contributed by atoms with Crippen LogP contribution in [0.25, 0.3) is 0 Å². The molecule has 0 amide bonds. The van der Waals surface area contributed by atoms with Crippen LogP contribution in [-0.2, 0) is 15.0 Å². The number of rotatable bonds is 3. The Bertz CT molecular complexity index is 477. The Labute approximate surface area is 130 Å². The topological polar surface area (TPSA) is 81.9 Å². The minimum absolute atomic E-state index is 0. The molecule has 96 valence electrons. The molecule has 1 aromatic carbocycles. The molecule has 8 heteroatoms. The molecule has 1 fully saturated rings. The number of hydrogen-bond acceptors (Lipinski definition) is 5. The molecule has 0 saturated carbocycles. The Hall–Kier alpha value is -0.310. The standard InChI is InChI=1S/C10H14N2O4S.Na.H/c11-17(13,14)16-10-3-1-9(2-4-10)12-5-7-15-8-6-12;;/h1-4H,5-8H2,(H2,11,13,14);;/q;+1;-1. The van der Waals surface area contributed by atoms with Crippen molar-refractivity contribution in [2.24, 2.45) is 5.14 Å². The molecular weight excluding hydrogens is 267 g/mol. The van der Waals surface area contributed by atoms with E-state index in [1.165, 1.54) is 0 Å². The molecule has 1 aliphatic rings. The maximum Gasteiger partial charge on any atom is 1.00 e. The van der Waals surface area contributed by atoms with Crippen LogP contribution < -0.4 is 43.8 Å². The van der Waals surface area contributed by atoms with Crippen LogP contribution in [0.5, 0.6) is 5.75 Å². The predicted octanol–water partition coefficient (Wildman–Crippen LogP) is -2.78. The molecule has 0 spiro atoms. The summed E-state index contributed by atoms with van der Waals surface area (Å²) in [5, 5.41) is 4.77. The maximum absolute atomic E-state index is 10.7. The summed E-state index contributed by atoms with van der Waals surface area (Å²) in [7, 11) is -3.95. The minimum atomic E-state index is -3.95. The van der Waals surface area contributed by atoms with Gasteiger partial charge in [0.05, 0.1) is 13.2 Å². The first-order chi connectivity index (χ1) is 8.04. The molecule has 0 radical (unpaired) electrons. The van der Waals surface area contributed by atoms with Crippen LogP contribution in [0.4, 0.5) is 5.69 Å². The Kier molecular flexibility index (Phi) is 5.90. The third-order valence-electron chi connectivity index (χ3n) is 2.43. The van der Waals surface area contributed by atoms with Crippen molar-refractivity contribution in [1.29, 1.82) is 0 Å². The second kappa shape index (κ2) is 6.74. The number of ether oxygens (including phenoxy) is 1. The van der Waals surface area contributed by atoms with Crippen LogP contribution in [0.3, 0.4) is 0 Å². The first-order valence-corrected chi connectivity index (χ1v) is 6.67. The van der Waals surface area contributed by atoms with E-state index in [1.807, 2.05) is 0 Å². The number of hydrogen-bond donors (Lipinski definition) is 1. The van der Waals surface area contributed by atoms with Gasteiger partial charge in [-0.2, -0.15) is 13.6 Å². The van der Waals surface area contributed by atoms with Gasteiger partial charge >= 0.3 is 39.9 Å². The average molecular weight is 282 g/mol. The van der Waals surface area contributed by atoms with Crippen molar-refractivity contribution in [3.05, 3.63) is 24.3 Å². The largest absolute Gasteiger partial charge is 1.00 e. The van der Waals surface area contributed by atoms with Gasteiger partial charge in [-0.15, -0.1) is 0 Å². The number of benzene rings is 1. The third-order valence-corrected chi connectivity index (χ3v) is 2.85. The molecule has 0 atom stereocenters. The van der Waals surface area contributed by atoms with Gasteiger partial charge < -0.3 is 15.2 Å². The summed E-state index contributed by atoms with van der Waals surface area (Å²) in [6.45, 7) is 3.07. The Morgan fingerprint density at radius 1 is 1.22 bits per heavy atom. The molecule has 2 N–H and O–H groups in total. The number of nitrogens with zero attached hydrogens (tertiary/aromatic N) is 1. The zero-order valence-electron chi connectivity index (χ0n) is 11.2. The van der Waals surface area contributed by atoms with Crippen molar-refractivity contribution >= 4 is 16.0 Å². The maximum atomic E-state index is 10.7. The fourth-order valence-corrected chi connectivity index (χ4v) is 2.05. The monoisotopic (exact) mass is 282 g/mol. The summed E-state index contributed by atoms with van der Waals surface area (Å²) < 4.78 is 31.2. The SMILES string of the molecule is NS(=O)(=O)Oc1ccc(N2CCOCC2)cc1.[H-].[Na+]. The predicted molar refractivity (Wildman–Crippen MR) is 64.3 cm³/mol. The summed E-state index contributed by atoms with van der Waals surface area (Å²) in [6.07, 6.45) is 0. The van der Waals surface area contributed by atoms with Crippen LogP contribution in [0.15, 0.2) is 24.3 Å². The summed E-state index contributed by atoms with van der Waals surface area (Å²) in [4.78, 5) is 2.16. The number of morpholine rings is 1. The van der Waals surface area contributed by atoms with Crippen molar-refractivity contribution in [2.45, 2.75) is 0 Å². The van der Waals surface area contributed by atoms with Crippen LogP contribution in [0, 0.1) is 0 Å². The summed E-state index contributed by atoms with van der Waals surface area (Å²) in [5.74, 6) is 0.213. The summed E-state index contributed by atoms with van der Waals surface area (Å²) in [5.41, 5.74) is 1.01. The van der Waals surface area contributed by atoms with Gasteiger partial charge in [0.15, 0.2) is 0 Å². The first-order valence-electron chi connectivity index (χ1n) is 5.19. The summed E-state index contributed by atoms with van der Waals surface area (Å²) in [6, 6.07) is 6.75. The molecule has 0 unspecified atom stereocenters. The van der Waals surface area contributed by atoms with E-state index in [-0.39, 0.29) is 36.7 Å². The quantitative estimate of drug-likeness (QED) is 0.607. The second-order valence-corrected chi connectivity index (χ2v) is 4.82. The van der Waals surface area contributed by atoms with Crippen LogP contribution in [-0.4, -0.2) is 34.7 Å². The molecule has 0 aromatic heterocycles. The van der Waals surface area contributed by atoms with Gasteiger partial charge in [0.1, 0.15) is 5.75 Å². The van der Waals surface area contributed by atoms with E-state index in [0.717, 1.165) is 18.8 Å². The van der Waals surface area contributed by atoms with E-state index in [9.17, 15) is 8.42 Å². The van der Waals surface area contributed by atoms with Gasteiger partial charge in [-0.05, 0) is 24.3 Å². The molecule has 0 aliphatic carbocycles. The van der Waals surface area contributed by atoms with Crippen molar-refractivity contribution in [3.8, 4) is 5.75 Å². The molecule has 6 nitrogen and oxygen atoms in total. The van der Waals surface area contributed by atoms with Crippen molar-refractivity contribution < 1.29 is 48.3 Å². The number of nitrogens with two attached hydrogens (primary N) is 1. The Morgan fingerprint density at radius 3 is 2.28 bits per heavy atom. The van der Waals surface area contributed by atoms with Gasteiger partial charge in [0, 0.05) is 18.8 Å². The first kappa shape index (κ1) is 15.7. The zero-order valence-corrected chi connectivity index (χ0v) is 13.0. The van der Waals surface area contributed by atoms with E-state index in [2.05, 4.69) is 9.08 Å². The fourth-order valence-electron chi connectivity index (χ4n) is 1.67. The van der Waals surface area contributed by atoms with E-state index < -0.39 is 10.3 Å². The number of anilines is 1. The van der Waals surface area contributed by atoms with Crippen molar-refractivity contribution in [2.75, 3.05) is 31.2 Å². The van der Waals surface area contributed by atoms with Crippen LogP contribution >= 0.6 is 0 Å². The smallest absolute Gasteiger partial charge is 1.00 e. The molecule has 2 rings (SSSR count). The van der Waals surface area contributed by atoms with Crippen LogP contribution in [0.1, 0.15) is 1.43 Å². The molecule has 0 bridgehead atoms. The zero-order chi connectivity index (χ0) is 12.3. The third kappa shape index (κ3) is 4.75. The van der Waals surface area contributed by atoms with Crippen molar-refractivity contribution in [3.63, 3.8) is 0 Å². The van der Waals surface area contributed by atoms with Crippen molar-refractivity contribution in [1.82, 2.24) is 0 Å². The van der Waals surface area contributed by atoms with Gasteiger partial charge in [-0.25, -0.2) is 0 Å². The molecular formula is C10H15N2NaO4S. The van der Waals surface area contributed by atoms with E-state index in [4.69, 9.17) is 9.88 Å². The summed E-state index contributed by atoms with van der Waals surface area (Å²) >= 11 is 0. The van der Waals surface area contributed by atoms with Gasteiger partial charge in [-0.1, -0.05) is 0 Å². The Balaban J connectivity index is 0.00000162. The second-order valence-electron chi connectivity index (χ2n) is 3.67. The van der Waals surface area contributed by atoms with Crippen LogP contribution in [0.2, 0.25) is 0 Å². The van der Waals surface area contributed by atoms with E-state index >= 15 is 0 Å². The van der Waals surface area contributed by atoms with E-state index in [1.54, 1.807) is 24.3 Å². The van der Waals surface area contributed by atoms with Gasteiger partial charge in [0.2, 0.25) is 0 Å². The normalized spacial score (nSPS) is 15.9. The van der Waals surface area contributed by atoms with E-state index in [0.29, 0.717) is 13.2 Å². The van der Waals surface area contributed by atoms with Gasteiger partial charge in [0.25, 0.3) is 0 Å². The molecule has 1 saturated heterocycles. The average Bonchev–Trinajstić information content (AvgIpc) is 2.29.